The monoisotopic (exact) mass is 331 g/mol. The molecule has 0 aromatic carbocycles. The van der Waals surface area contributed by atoms with Crippen LogP contribution in [0.5, 0.6) is 0 Å². The molecule has 5 nitrogen and oxygen atoms in total. The Hall–Kier alpha value is -1.91. The van der Waals surface area contributed by atoms with Gasteiger partial charge in [-0.2, -0.15) is 0 Å². The van der Waals surface area contributed by atoms with Crippen LogP contribution in [0.1, 0.15) is 53.4 Å². The number of carbonyl (C=O) groups excluding carboxylic acids is 3. The van der Waals surface area contributed by atoms with Gasteiger partial charge in [-0.1, -0.05) is 25.5 Å². The number of rotatable bonds is 4. The minimum atomic E-state index is -0.326. The zero-order valence-corrected chi connectivity index (χ0v) is 14.8. The molecule has 3 aliphatic rings. The van der Waals surface area contributed by atoms with Crippen molar-refractivity contribution in [2.24, 2.45) is 17.3 Å². The van der Waals surface area contributed by atoms with Crippen LogP contribution < -0.4 is 0 Å². The molecule has 5 heteroatoms. The van der Waals surface area contributed by atoms with Crippen molar-refractivity contribution in [2.45, 2.75) is 53.4 Å². The molecule has 0 spiro atoms. The van der Waals surface area contributed by atoms with Gasteiger partial charge in [-0.3, -0.25) is 14.4 Å². The van der Waals surface area contributed by atoms with Gasteiger partial charge < -0.3 is 4.74 Å². The number of carbonyl (C=O) groups is 3. The third-order valence-electron chi connectivity index (χ3n) is 5.49. The first-order valence-corrected chi connectivity index (χ1v) is 8.65. The normalized spacial score (nSPS) is 27.9. The van der Waals surface area contributed by atoms with E-state index in [1.807, 2.05) is 27.7 Å². The molecule has 0 saturated heterocycles. The molecule has 2 aliphatic carbocycles. The van der Waals surface area contributed by atoms with Crippen molar-refractivity contribution in [1.82, 2.24) is 4.90 Å². The lowest BCUT2D eigenvalue weighted by Gasteiger charge is -2.15. The van der Waals surface area contributed by atoms with Gasteiger partial charge in [0, 0.05) is 11.1 Å². The Kier molecular flexibility index (Phi) is 4.14. The van der Waals surface area contributed by atoms with Crippen LogP contribution in [0.15, 0.2) is 22.8 Å². The number of nitrogens with zero attached hydrogens (tertiary/aromatic N) is 1. The van der Waals surface area contributed by atoms with Crippen LogP contribution >= 0.6 is 0 Å². The number of ether oxygens (including phenoxy) is 1. The summed E-state index contributed by atoms with van der Waals surface area (Å²) >= 11 is 0. The molecular formula is C19H25NO4. The lowest BCUT2D eigenvalue weighted by atomic mass is 9.93. The molecule has 24 heavy (non-hydrogen) atoms. The predicted molar refractivity (Wildman–Crippen MR) is 88.5 cm³/mol. The topological polar surface area (TPSA) is 63.7 Å². The van der Waals surface area contributed by atoms with Gasteiger partial charge in [0.15, 0.2) is 6.73 Å². The first-order chi connectivity index (χ1) is 11.2. The molecule has 3 rings (SSSR count). The fraction of sp³-hybridized carbons (Fsp3) is 0.632. The van der Waals surface area contributed by atoms with Crippen LogP contribution in [-0.4, -0.2) is 29.4 Å². The first kappa shape index (κ1) is 16.9. The Morgan fingerprint density at radius 2 is 1.71 bits per heavy atom. The summed E-state index contributed by atoms with van der Waals surface area (Å²) in [6, 6.07) is 0. The zero-order chi connectivity index (χ0) is 17.6. The summed E-state index contributed by atoms with van der Waals surface area (Å²) in [4.78, 5) is 38.1. The first-order valence-electron chi connectivity index (χ1n) is 8.65. The van der Waals surface area contributed by atoms with E-state index in [1.54, 1.807) is 0 Å². The zero-order valence-electron chi connectivity index (χ0n) is 14.8. The molecule has 1 aliphatic heterocycles. The van der Waals surface area contributed by atoms with Crippen molar-refractivity contribution in [3.8, 4) is 0 Å². The fourth-order valence-corrected chi connectivity index (χ4v) is 3.93. The predicted octanol–water partition coefficient (Wildman–Crippen LogP) is 2.96. The van der Waals surface area contributed by atoms with Crippen molar-refractivity contribution >= 4 is 17.8 Å². The second kappa shape index (κ2) is 5.87. The SMILES string of the molecule is CC(C)=C[C@@H]1[C@H](C(=O)OCN2C(=O)C3=C(CCCC3)C2=O)C1(C)C. The molecule has 0 N–H and O–H groups in total. The maximum atomic E-state index is 12.4. The minimum Gasteiger partial charge on any atom is -0.443 e. The smallest absolute Gasteiger partial charge is 0.311 e. The molecule has 2 atom stereocenters. The average Bonchev–Trinajstić information content (AvgIpc) is 2.96. The van der Waals surface area contributed by atoms with E-state index in [9.17, 15) is 14.4 Å². The maximum Gasteiger partial charge on any atom is 0.311 e. The second-order valence-electron chi connectivity index (χ2n) is 7.86. The summed E-state index contributed by atoms with van der Waals surface area (Å²) in [6.45, 7) is 7.83. The third kappa shape index (κ3) is 2.70. The molecule has 2 amide bonds. The van der Waals surface area contributed by atoms with Gasteiger partial charge in [0.1, 0.15) is 0 Å². The lowest BCUT2D eigenvalue weighted by molar-refractivity contribution is -0.156. The molecular weight excluding hydrogens is 306 g/mol. The number of allylic oxidation sites excluding steroid dienone is 2. The van der Waals surface area contributed by atoms with Crippen LogP contribution in [0, 0.1) is 17.3 Å². The van der Waals surface area contributed by atoms with Crippen LogP contribution in [0.25, 0.3) is 0 Å². The van der Waals surface area contributed by atoms with Gasteiger partial charge >= 0.3 is 5.97 Å². The summed E-state index contributed by atoms with van der Waals surface area (Å²) in [5.41, 5.74) is 2.28. The molecule has 130 valence electrons. The standard InChI is InChI=1S/C19H25NO4/c1-11(2)9-14-15(19(14,3)4)18(23)24-10-20-16(21)12-7-5-6-8-13(12)17(20)22/h9,14-15H,5-8,10H2,1-4H3/t14-,15-/m1/s1. The highest BCUT2D eigenvalue weighted by atomic mass is 16.5. The Morgan fingerprint density at radius 3 is 2.21 bits per heavy atom. The van der Waals surface area contributed by atoms with Crippen molar-refractivity contribution < 1.29 is 19.1 Å². The van der Waals surface area contributed by atoms with E-state index in [-0.39, 0.29) is 41.8 Å². The highest BCUT2D eigenvalue weighted by Crippen LogP contribution is 2.59. The second-order valence-corrected chi connectivity index (χ2v) is 7.86. The third-order valence-corrected chi connectivity index (χ3v) is 5.49. The summed E-state index contributed by atoms with van der Waals surface area (Å²) < 4.78 is 5.33. The van der Waals surface area contributed by atoms with Gasteiger partial charge in [-0.05, 0) is 50.9 Å². The molecule has 0 aromatic heterocycles. The van der Waals surface area contributed by atoms with Crippen molar-refractivity contribution in [3.63, 3.8) is 0 Å². The molecule has 0 radical (unpaired) electrons. The van der Waals surface area contributed by atoms with Crippen LogP contribution in [-0.2, 0) is 19.1 Å². The Morgan fingerprint density at radius 1 is 1.17 bits per heavy atom. The van der Waals surface area contributed by atoms with Gasteiger partial charge in [-0.15, -0.1) is 0 Å². The lowest BCUT2D eigenvalue weighted by Crippen LogP contribution is -2.35. The molecule has 0 bridgehead atoms. The minimum absolute atomic E-state index is 0.134. The van der Waals surface area contributed by atoms with E-state index in [1.165, 1.54) is 5.57 Å². The summed E-state index contributed by atoms with van der Waals surface area (Å²) in [5.74, 6) is -0.932. The quantitative estimate of drug-likeness (QED) is 0.451. The van der Waals surface area contributed by atoms with Crippen molar-refractivity contribution in [3.05, 3.63) is 22.8 Å². The average molecular weight is 331 g/mol. The number of esters is 1. The van der Waals surface area contributed by atoms with E-state index >= 15 is 0 Å². The highest BCUT2D eigenvalue weighted by molar-refractivity contribution is 6.19. The van der Waals surface area contributed by atoms with E-state index in [4.69, 9.17) is 4.74 Å². The maximum absolute atomic E-state index is 12.4. The Balaban J connectivity index is 1.61. The summed E-state index contributed by atoms with van der Waals surface area (Å²) in [5, 5.41) is 0. The van der Waals surface area contributed by atoms with Gasteiger partial charge in [0.25, 0.3) is 11.8 Å². The van der Waals surface area contributed by atoms with Gasteiger partial charge in [-0.25, -0.2) is 4.90 Å². The van der Waals surface area contributed by atoms with Crippen LogP contribution in [0.4, 0.5) is 0 Å². The number of amides is 2. The van der Waals surface area contributed by atoms with Gasteiger partial charge in [0.2, 0.25) is 0 Å². The van der Waals surface area contributed by atoms with E-state index in [0.717, 1.165) is 17.7 Å². The highest BCUT2D eigenvalue weighted by Gasteiger charge is 2.61. The summed E-state index contributed by atoms with van der Waals surface area (Å²) in [7, 11) is 0. The Bertz CT molecular complexity index is 639. The largest absolute Gasteiger partial charge is 0.443 e. The van der Waals surface area contributed by atoms with E-state index in [0.29, 0.717) is 24.0 Å². The van der Waals surface area contributed by atoms with Crippen LogP contribution in [0.2, 0.25) is 0 Å². The number of hydrogen-bond donors (Lipinski definition) is 0. The van der Waals surface area contributed by atoms with E-state index < -0.39 is 0 Å². The van der Waals surface area contributed by atoms with Crippen molar-refractivity contribution in [1.29, 1.82) is 0 Å². The molecule has 1 saturated carbocycles. The molecule has 0 unspecified atom stereocenters. The molecule has 0 aromatic rings. The molecule has 1 fully saturated rings. The van der Waals surface area contributed by atoms with E-state index in [2.05, 4.69) is 6.08 Å². The van der Waals surface area contributed by atoms with Crippen LogP contribution in [0.3, 0.4) is 0 Å². The van der Waals surface area contributed by atoms with Gasteiger partial charge in [0.05, 0.1) is 5.92 Å². The molecule has 1 heterocycles. The Labute approximate surface area is 142 Å². The number of imide groups is 1. The summed E-state index contributed by atoms with van der Waals surface area (Å²) in [6.07, 6.45) is 5.28. The number of hydrogen-bond acceptors (Lipinski definition) is 4. The van der Waals surface area contributed by atoms with Crippen molar-refractivity contribution in [2.75, 3.05) is 6.73 Å². The fourth-order valence-electron chi connectivity index (χ4n) is 3.93.